The van der Waals surface area contributed by atoms with Crippen LogP contribution in [0.25, 0.3) is 0 Å². The lowest BCUT2D eigenvalue weighted by atomic mass is 9.68. The Morgan fingerprint density at radius 1 is 1.29 bits per heavy atom. The second-order valence-electron chi connectivity index (χ2n) is 7.04. The monoisotopic (exact) mass is 294 g/mol. The molecular weight excluding hydrogens is 264 g/mol. The summed E-state index contributed by atoms with van der Waals surface area (Å²) in [6, 6.07) is 1.93. The zero-order valence-corrected chi connectivity index (χ0v) is 13.9. The van der Waals surface area contributed by atoms with Gasteiger partial charge >= 0.3 is 0 Å². The maximum Gasteiger partial charge on any atom is 0.124 e. The molecule has 1 aromatic heterocycles. The van der Waals surface area contributed by atoms with Gasteiger partial charge in [0.05, 0.1) is 11.3 Å². The van der Waals surface area contributed by atoms with E-state index in [1.54, 1.807) is 6.20 Å². The number of ether oxygens (including phenoxy) is 1. The Balaban J connectivity index is 2.23. The Morgan fingerprint density at radius 2 is 1.95 bits per heavy atom. The van der Waals surface area contributed by atoms with Crippen molar-refractivity contribution in [2.24, 2.45) is 5.41 Å². The predicted molar refractivity (Wildman–Crippen MR) is 84.1 cm³/mol. The van der Waals surface area contributed by atoms with Gasteiger partial charge in [-0.2, -0.15) is 5.10 Å². The molecule has 1 heterocycles. The van der Waals surface area contributed by atoms with Crippen molar-refractivity contribution >= 4 is 0 Å². The summed E-state index contributed by atoms with van der Waals surface area (Å²) >= 11 is 0. The highest BCUT2D eigenvalue weighted by Crippen LogP contribution is 2.47. The number of aryl methyl sites for hydroxylation is 1. The van der Waals surface area contributed by atoms with E-state index in [2.05, 4.69) is 25.9 Å². The van der Waals surface area contributed by atoms with Crippen molar-refractivity contribution in [3.05, 3.63) is 18.0 Å². The third-order valence-electron chi connectivity index (χ3n) is 4.84. The van der Waals surface area contributed by atoms with E-state index in [1.807, 2.05) is 17.7 Å². The molecule has 4 nitrogen and oxygen atoms in total. The summed E-state index contributed by atoms with van der Waals surface area (Å²) in [6.07, 6.45) is 6.19. The molecule has 1 aromatic rings. The molecule has 4 heteroatoms. The van der Waals surface area contributed by atoms with Gasteiger partial charge in [-0.3, -0.25) is 4.68 Å². The quantitative estimate of drug-likeness (QED) is 0.870. The van der Waals surface area contributed by atoms with Crippen LogP contribution in [0.5, 0.6) is 0 Å². The lowest BCUT2D eigenvalue weighted by Crippen LogP contribution is -2.45. The highest BCUT2D eigenvalue weighted by molar-refractivity contribution is 5.12. The standard InChI is InChI=1S/C17H30N2O2/c1-5-13-19-14(7-12-18-19)15(20)17(21-6-2)10-8-16(3,4)9-11-17/h7,12,15,20H,5-6,8-11,13H2,1-4H3. The summed E-state index contributed by atoms with van der Waals surface area (Å²) in [4.78, 5) is 0. The van der Waals surface area contributed by atoms with Crippen LogP contribution >= 0.6 is 0 Å². The third-order valence-corrected chi connectivity index (χ3v) is 4.84. The minimum atomic E-state index is -0.595. The molecule has 0 bridgehead atoms. The van der Waals surface area contributed by atoms with Crippen LogP contribution < -0.4 is 0 Å². The molecule has 21 heavy (non-hydrogen) atoms. The van der Waals surface area contributed by atoms with Crippen molar-refractivity contribution in [3.63, 3.8) is 0 Å². The Hall–Kier alpha value is -0.870. The van der Waals surface area contributed by atoms with E-state index < -0.39 is 11.7 Å². The minimum absolute atomic E-state index is 0.351. The second kappa shape index (κ2) is 6.49. The zero-order chi connectivity index (χ0) is 15.5. The van der Waals surface area contributed by atoms with Gasteiger partial charge in [0.1, 0.15) is 6.10 Å². The molecule has 1 aliphatic carbocycles. The molecule has 0 saturated heterocycles. The number of hydrogen-bond donors (Lipinski definition) is 1. The van der Waals surface area contributed by atoms with Gasteiger partial charge in [0.2, 0.25) is 0 Å². The van der Waals surface area contributed by atoms with E-state index in [1.165, 1.54) is 0 Å². The van der Waals surface area contributed by atoms with Crippen molar-refractivity contribution in [2.45, 2.75) is 78.0 Å². The van der Waals surface area contributed by atoms with Gasteiger partial charge in [0.15, 0.2) is 0 Å². The fourth-order valence-corrected chi connectivity index (χ4v) is 3.38. The maximum absolute atomic E-state index is 11.0. The van der Waals surface area contributed by atoms with Crippen molar-refractivity contribution in [1.29, 1.82) is 0 Å². The van der Waals surface area contributed by atoms with Crippen LogP contribution in [-0.4, -0.2) is 27.1 Å². The predicted octanol–water partition coefficient (Wildman–Crippen LogP) is 3.70. The van der Waals surface area contributed by atoms with Gasteiger partial charge in [-0.25, -0.2) is 0 Å². The van der Waals surface area contributed by atoms with Gasteiger partial charge in [0, 0.05) is 19.3 Å². The summed E-state index contributed by atoms with van der Waals surface area (Å²) in [5, 5.41) is 15.4. The Morgan fingerprint density at radius 3 is 2.52 bits per heavy atom. The van der Waals surface area contributed by atoms with Gasteiger partial charge in [-0.05, 0) is 50.5 Å². The Bertz CT molecular complexity index is 443. The van der Waals surface area contributed by atoms with Gasteiger partial charge in [0.25, 0.3) is 0 Å². The molecule has 1 unspecified atom stereocenters. The van der Waals surface area contributed by atoms with Crippen molar-refractivity contribution < 1.29 is 9.84 Å². The molecule has 1 fully saturated rings. The first-order valence-electron chi connectivity index (χ1n) is 8.28. The zero-order valence-electron chi connectivity index (χ0n) is 13.9. The number of nitrogens with zero attached hydrogens (tertiary/aromatic N) is 2. The molecule has 0 spiro atoms. The number of rotatable bonds is 6. The van der Waals surface area contributed by atoms with Gasteiger partial charge in [-0.1, -0.05) is 20.8 Å². The molecule has 2 rings (SSSR count). The van der Waals surface area contributed by atoms with E-state index in [9.17, 15) is 5.11 Å². The van der Waals surface area contributed by atoms with Crippen molar-refractivity contribution in [1.82, 2.24) is 9.78 Å². The van der Waals surface area contributed by atoms with E-state index >= 15 is 0 Å². The molecule has 1 N–H and O–H groups in total. The highest BCUT2D eigenvalue weighted by atomic mass is 16.5. The largest absolute Gasteiger partial charge is 0.384 e. The molecule has 1 atom stereocenters. The summed E-state index contributed by atoms with van der Waals surface area (Å²) in [5.74, 6) is 0. The number of aromatic nitrogens is 2. The number of hydrogen-bond acceptors (Lipinski definition) is 3. The fraction of sp³-hybridized carbons (Fsp3) is 0.824. The molecule has 1 aliphatic rings. The summed E-state index contributed by atoms with van der Waals surface area (Å²) in [5.41, 5.74) is 0.796. The summed E-state index contributed by atoms with van der Waals surface area (Å²) in [6.45, 7) is 10.2. The normalized spacial score (nSPS) is 22.1. The lowest BCUT2D eigenvalue weighted by Gasteiger charge is -2.45. The summed E-state index contributed by atoms with van der Waals surface area (Å²) in [7, 11) is 0. The number of aliphatic hydroxyl groups excluding tert-OH is 1. The molecule has 0 aromatic carbocycles. The molecule has 120 valence electrons. The van der Waals surface area contributed by atoms with Crippen LogP contribution in [0.15, 0.2) is 12.3 Å². The SMILES string of the molecule is CCCn1nccc1C(O)C1(OCC)CCC(C)(C)CC1. The topological polar surface area (TPSA) is 47.3 Å². The van der Waals surface area contributed by atoms with E-state index in [0.717, 1.165) is 44.3 Å². The second-order valence-corrected chi connectivity index (χ2v) is 7.04. The molecule has 0 aliphatic heterocycles. The maximum atomic E-state index is 11.0. The van der Waals surface area contributed by atoms with Gasteiger partial charge < -0.3 is 9.84 Å². The molecule has 0 amide bonds. The van der Waals surface area contributed by atoms with Crippen LogP contribution in [0.1, 0.15) is 71.6 Å². The first-order valence-corrected chi connectivity index (χ1v) is 8.28. The Kier molecular flexibility index (Phi) is 5.10. The van der Waals surface area contributed by atoms with Crippen LogP contribution in [0.2, 0.25) is 0 Å². The van der Waals surface area contributed by atoms with Crippen molar-refractivity contribution in [2.75, 3.05) is 6.61 Å². The van der Waals surface area contributed by atoms with Crippen LogP contribution in [0, 0.1) is 5.41 Å². The van der Waals surface area contributed by atoms with Crippen LogP contribution in [0.4, 0.5) is 0 Å². The number of aliphatic hydroxyl groups is 1. The van der Waals surface area contributed by atoms with Crippen molar-refractivity contribution in [3.8, 4) is 0 Å². The minimum Gasteiger partial charge on any atom is -0.384 e. The lowest BCUT2D eigenvalue weighted by molar-refractivity contribution is -0.155. The Labute approximate surface area is 128 Å². The molecule has 0 radical (unpaired) electrons. The van der Waals surface area contributed by atoms with E-state index in [4.69, 9.17) is 4.74 Å². The van der Waals surface area contributed by atoms with Gasteiger partial charge in [-0.15, -0.1) is 0 Å². The average molecular weight is 294 g/mol. The third kappa shape index (κ3) is 3.49. The van der Waals surface area contributed by atoms with Crippen LogP contribution in [0.3, 0.4) is 0 Å². The highest BCUT2D eigenvalue weighted by Gasteiger charge is 2.45. The summed E-state index contributed by atoms with van der Waals surface area (Å²) < 4.78 is 8.01. The first kappa shape index (κ1) is 16.5. The first-order chi connectivity index (χ1) is 9.94. The molecule has 1 saturated carbocycles. The van der Waals surface area contributed by atoms with Crippen LogP contribution in [-0.2, 0) is 11.3 Å². The van der Waals surface area contributed by atoms with E-state index in [-0.39, 0.29) is 0 Å². The average Bonchev–Trinajstić information content (AvgIpc) is 2.89. The fourth-order valence-electron chi connectivity index (χ4n) is 3.38. The molecular formula is C17H30N2O2. The smallest absolute Gasteiger partial charge is 0.124 e. The van der Waals surface area contributed by atoms with E-state index in [0.29, 0.717) is 12.0 Å².